The van der Waals surface area contributed by atoms with Gasteiger partial charge in [-0.25, -0.2) is 14.6 Å². The van der Waals surface area contributed by atoms with Gasteiger partial charge in [0.05, 0.1) is 30.6 Å². The van der Waals surface area contributed by atoms with Gasteiger partial charge < -0.3 is 19.1 Å². The Labute approximate surface area is 206 Å². The number of imidazole rings is 1. The number of carbonyl (C=O) groups is 1. The molecule has 2 aromatic rings. The summed E-state index contributed by atoms with van der Waals surface area (Å²) in [7, 11) is 1.33. The molecule has 1 aromatic carbocycles. The molecule has 0 aliphatic heterocycles. The minimum atomic E-state index is -0.518. The maximum atomic E-state index is 12.5. The van der Waals surface area contributed by atoms with Gasteiger partial charge in [0.1, 0.15) is 17.9 Å². The molecule has 1 unspecified atom stereocenters. The number of nitrogens with zero attached hydrogens (tertiary/aromatic N) is 2. The van der Waals surface area contributed by atoms with E-state index >= 15 is 0 Å². The van der Waals surface area contributed by atoms with Crippen LogP contribution in [0.2, 0.25) is 0 Å². The third-order valence-electron chi connectivity index (χ3n) is 5.74. The van der Waals surface area contributed by atoms with E-state index in [1.165, 1.54) is 7.11 Å². The number of aryl methyl sites for hydroxylation is 1. The van der Waals surface area contributed by atoms with E-state index in [0.29, 0.717) is 24.2 Å². The second kappa shape index (κ2) is 11.5. The lowest BCUT2D eigenvalue weighted by Crippen LogP contribution is -2.30. The highest BCUT2D eigenvalue weighted by atomic mass is 16.5. The molecular formula is C28H34N2O5. The number of carbonyl (C=O) groups excluding carboxylic acids is 2. The zero-order valence-corrected chi connectivity index (χ0v) is 21.1. The highest BCUT2D eigenvalue weighted by Crippen LogP contribution is 2.32. The number of hydrogen-bond acceptors (Lipinski definition) is 6. The van der Waals surface area contributed by atoms with Gasteiger partial charge >= 0.3 is 5.97 Å². The number of aliphatic hydroxyl groups excluding tert-OH is 1. The molecule has 0 radical (unpaired) electrons. The van der Waals surface area contributed by atoms with Crippen molar-refractivity contribution in [2.24, 2.45) is 0 Å². The number of aliphatic hydroxyl groups is 1. The van der Waals surface area contributed by atoms with Gasteiger partial charge in [-0.05, 0) is 50.0 Å². The number of hydrogen-bond donors (Lipinski definition) is 1. The first kappa shape index (κ1) is 26.4. The van der Waals surface area contributed by atoms with Crippen LogP contribution in [0.3, 0.4) is 0 Å². The second-order valence-corrected chi connectivity index (χ2v) is 9.51. The van der Waals surface area contributed by atoms with Crippen molar-refractivity contribution in [3.05, 3.63) is 76.4 Å². The van der Waals surface area contributed by atoms with Crippen molar-refractivity contribution < 1.29 is 24.2 Å². The smallest absolute Gasteiger partial charge is 0.356 e. The van der Waals surface area contributed by atoms with E-state index in [4.69, 9.17) is 9.47 Å². The number of unbranched alkanes of at least 4 members (excludes halogenated alkanes) is 1. The van der Waals surface area contributed by atoms with Crippen molar-refractivity contribution in [3.63, 3.8) is 0 Å². The molecule has 1 aliphatic rings. The summed E-state index contributed by atoms with van der Waals surface area (Å²) in [6, 6.07) is 7.93. The highest BCUT2D eigenvalue weighted by molar-refractivity contribution is 5.89. The van der Waals surface area contributed by atoms with Crippen molar-refractivity contribution in [1.29, 1.82) is 0 Å². The fourth-order valence-corrected chi connectivity index (χ4v) is 4.08. The van der Waals surface area contributed by atoms with Gasteiger partial charge in [-0.3, -0.25) is 0 Å². The maximum absolute atomic E-state index is 12.5. The first-order chi connectivity index (χ1) is 16.7. The zero-order valence-electron chi connectivity index (χ0n) is 21.1. The Morgan fingerprint density at radius 1 is 1.23 bits per heavy atom. The van der Waals surface area contributed by atoms with Gasteiger partial charge in [0, 0.05) is 13.0 Å². The number of aromatic nitrogens is 2. The molecule has 1 atom stereocenters. The molecule has 7 heteroatoms. The predicted molar refractivity (Wildman–Crippen MR) is 135 cm³/mol. The van der Waals surface area contributed by atoms with Crippen LogP contribution in [-0.2, 0) is 33.8 Å². The quantitative estimate of drug-likeness (QED) is 0.423. The third kappa shape index (κ3) is 6.25. The molecule has 0 saturated carbocycles. The normalized spacial score (nSPS) is 15.7. The Morgan fingerprint density at radius 2 is 1.94 bits per heavy atom. The predicted octanol–water partition coefficient (Wildman–Crippen LogP) is 4.45. The Bertz CT molecular complexity index is 1160. The van der Waals surface area contributed by atoms with E-state index in [2.05, 4.69) is 11.9 Å². The Kier molecular flexibility index (Phi) is 8.62. The molecular weight excluding hydrogens is 444 g/mol. The minimum Gasteiger partial charge on any atom is -0.464 e. The molecule has 7 nitrogen and oxygen atoms in total. The lowest BCUT2D eigenvalue weighted by molar-refractivity contribution is -0.0168. The van der Waals surface area contributed by atoms with Crippen molar-refractivity contribution in [2.45, 2.75) is 71.8 Å². The number of methoxy groups -OCH3 is 1. The summed E-state index contributed by atoms with van der Waals surface area (Å²) in [6.07, 6.45) is 7.61. The lowest BCUT2D eigenvalue weighted by atomic mass is 9.90. The monoisotopic (exact) mass is 478 g/mol. The molecule has 0 saturated heterocycles. The summed E-state index contributed by atoms with van der Waals surface area (Å²) in [5.41, 5.74) is 3.41. The molecule has 0 bridgehead atoms. The third-order valence-corrected chi connectivity index (χ3v) is 5.74. The van der Waals surface area contributed by atoms with Gasteiger partial charge in [-0.1, -0.05) is 49.8 Å². The molecule has 0 amide bonds. The van der Waals surface area contributed by atoms with Crippen LogP contribution < -0.4 is 0 Å². The topological polar surface area (TPSA) is 90.6 Å². The van der Waals surface area contributed by atoms with Gasteiger partial charge in [0.15, 0.2) is 5.69 Å². The van der Waals surface area contributed by atoms with Crippen LogP contribution in [0.4, 0.5) is 0 Å². The zero-order chi connectivity index (χ0) is 25.6. The van der Waals surface area contributed by atoms with E-state index in [-0.39, 0.29) is 12.3 Å². The van der Waals surface area contributed by atoms with Crippen LogP contribution in [0, 0.1) is 0 Å². The summed E-state index contributed by atoms with van der Waals surface area (Å²) < 4.78 is 13.0. The highest BCUT2D eigenvalue weighted by Gasteiger charge is 2.28. The van der Waals surface area contributed by atoms with E-state index in [1.807, 2.05) is 67.7 Å². The molecule has 1 aromatic heterocycles. The number of esters is 1. The molecule has 0 fully saturated rings. The fraction of sp³-hybridized carbons (Fsp3) is 0.429. The fourth-order valence-electron chi connectivity index (χ4n) is 4.08. The molecule has 3 rings (SSSR count). The average molecular weight is 479 g/mol. The molecule has 186 valence electrons. The number of rotatable bonds is 9. The largest absolute Gasteiger partial charge is 0.464 e. The van der Waals surface area contributed by atoms with E-state index in [9.17, 15) is 14.7 Å². The standard InChI is InChI=1S/C28H34N2O5/c1-6-7-11-24-29-23(18-32)25(27(33)34-5)30(24)16-19-12-14-20(15-13-19)22-10-8-9-21(17-31)26(22)35-28(2,3)4/h8-10,12-15,26,32H,6-7,11,16,18H2,1-5H3. The Morgan fingerprint density at radius 3 is 2.51 bits per heavy atom. The first-order valence-electron chi connectivity index (χ1n) is 11.9. The SMILES string of the molecule is CCCCc1nc(CO)c(C(=O)OC)n1Cc1ccc(C2=CC=CC(=C=O)C2OC(C)(C)C)cc1. The summed E-state index contributed by atoms with van der Waals surface area (Å²) in [6.45, 7) is 8.03. The summed E-state index contributed by atoms with van der Waals surface area (Å²) in [5.74, 6) is 2.24. The Hall–Kier alpha value is -3.25. The van der Waals surface area contributed by atoms with E-state index < -0.39 is 17.7 Å². The van der Waals surface area contributed by atoms with Gasteiger partial charge in [-0.2, -0.15) is 0 Å². The summed E-state index contributed by atoms with van der Waals surface area (Å²) >= 11 is 0. The van der Waals surface area contributed by atoms with Crippen molar-refractivity contribution in [3.8, 4) is 0 Å². The van der Waals surface area contributed by atoms with Gasteiger partial charge in [0.25, 0.3) is 0 Å². The van der Waals surface area contributed by atoms with Crippen LogP contribution in [0.5, 0.6) is 0 Å². The first-order valence-corrected chi connectivity index (χ1v) is 11.9. The molecule has 1 aliphatic carbocycles. The lowest BCUT2D eigenvalue weighted by Gasteiger charge is -2.30. The second-order valence-electron chi connectivity index (χ2n) is 9.51. The van der Waals surface area contributed by atoms with Crippen LogP contribution in [0.15, 0.2) is 48.1 Å². The van der Waals surface area contributed by atoms with Crippen LogP contribution in [-0.4, -0.2) is 45.4 Å². The number of allylic oxidation sites excluding steroid dienone is 2. The molecule has 0 spiro atoms. The van der Waals surface area contributed by atoms with Crippen molar-refractivity contribution in [1.82, 2.24) is 9.55 Å². The van der Waals surface area contributed by atoms with Crippen molar-refractivity contribution >= 4 is 17.5 Å². The summed E-state index contributed by atoms with van der Waals surface area (Å²) in [4.78, 5) is 28.6. The van der Waals surface area contributed by atoms with Crippen molar-refractivity contribution in [2.75, 3.05) is 7.11 Å². The molecule has 1 heterocycles. The number of ether oxygens (including phenoxy) is 2. The molecule has 35 heavy (non-hydrogen) atoms. The van der Waals surface area contributed by atoms with E-state index in [0.717, 1.165) is 35.4 Å². The average Bonchev–Trinajstić information content (AvgIpc) is 3.19. The minimum absolute atomic E-state index is 0.282. The van der Waals surface area contributed by atoms with Crippen LogP contribution in [0.1, 0.15) is 73.7 Å². The molecule has 1 N–H and O–H groups in total. The van der Waals surface area contributed by atoms with Crippen LogP contribution in [0.25, 0.3) is 5.57 Å². The maximum Gasteiger partial charge on any atom is 0.356 e. The van der Waals surface area contributed by atoms with Crippen LogP contribution >= 0.6 is 0 Å². The van der Waals surface area contributed by atoms with E-state index in [1.54, 1.807) is 6.08 Å². The number of benzene rings is 1. The Balaban J connectivity index is 1.94. The van der Waals surface area contributed by atoms with Gasteiger partial charge in [-0.15, -0.1) is 0 Å². The summed E-state index contributed by atoms with van der Waals surface area (Å²) in [5, 5.41) is 9.78. The van der Waals surface area contributed by atoms with Gasteiger partial charge in [0.2, 0.25) is 0 Å².